The number of hydrogen-bond donors (Lipinski definition) is 1. The molecule has 11 heteroatoms. The lowest BCUT2D eigenvalue weighted by Crippen LogP contribution is -2.30. The zero-order valence-corrected chi connectivity index (χ0v) is 17.2. The quantitative estimate of drug-likeness (QED) is 0.317. The van der Waals surface area contributed by atoms with Gasteiger partial charge in [-0.15, -0.1) is 0 Å². The number of benzene rings is 2. The monoisotopic (exact) mass is 442 g/mol. The number of hydrogen-bond acceptors (Lipinski definition) is 8. The number of nitro benzene ring substituents is 1. The van der Waals surface area contributed by atoms with Crippen LogP contribution in [-0.2, 0) is 20.7 Å². The molecule has 32 heavy (non-hydrogen) atoms. The molecule has 1 amide bonds. The maximum atomic E-state index is 13.4. The lowest BCUT2D eigenvalue weighted by Gasteiger charge is -2.13. The normalized spacial score (nSPS) is 11.6. The van der Waals surface area contributed by atoms with E-state index in [9.17, 15) is 24.1 Å². The molecule has 1 atom stereocenters. The first kappa shape index (κ1) is 22.5. The van der Waals surface area contributed by atoms with Crippen molar-refractivity contribution >= 4 is 23.3 Å². The molecule has 0 radical (unpaired) electrons. The zero-order valence-electron chi connectivity index (χ0n) is 17.2. The zero-order chi connectivity index (χ0) is 23.3. The highest BCUT2D eigenvalue weighted by atomic mass is 19.1. The fourth-order valence-corrected chi connectivity index (χ4v) is 2.67. The summed E-state index contributed by atoms with van der Waals surface area (Å²) < 4.78 is 23.6. The van der Waals surface area contributed by atoms with E-state index in [-0.39, 0.29) is 24.4 Å². The van der Waals surface area contributed by atoms with Crippen LogP contribution in [-0.4, -0.2) is 33.0 Å². The molecule has 0 fully saturated rings. The fourth-order valence-electron chi connectivity index (χ4n) is 2.67. The maximum absolute atomic E-state index is 13.4. The van der Waals surface area contributed by atoms with Gasteiger partial charge in [0.2, 0.25) is 17.5 Å². The molecule has 3 aromatic rings. The number of nitro groups is 1. The van der Waals surface area contributed by atoms with Crippen molar-refractivity contribution in [1.29, 1.82) is 0 Å². The number of rotatable bonds is 8. The van der Waals surface area contributed by atoms with Gasteiger partial charge in [-0.1, -0.05) is 35.0 Å². The summed E-state index contributed by atoms with van der Waals surface area (Å²) in [7, 11) is 0. The van der Waals surface area contributed by atoms with E-state index in [0.29, 0.717) is 5.82 Å². The Balaban J connectivity index is 1.50. The third kappa shape index (κ3) is 5.72. The van der Waals surface area contributed by atoms with Gasteiger partial charge < -0.3 is 14.6 Å². The summed E-state index contributed by atoms with van der Waals surface area (Å²) in [5, 5.41) is 17.0. The second-order valence-electron chi connectivity index (χ2n) is 6.92. The van der Waals surface area contributed by atoms with Crippen LogP contribution in [0, 0.1) is 22.9 Å². The number of anilines is 1. The molecule has 0 saturated carbocycles. The van der Waals surface area contributed by atoms with Crippen LogP contribution in [0.4, 0.5) is 15.8 Å². The van der Waals surface area contributed by atoms with Crippen LogP contribution < -0.4 is 5.32 Å². The summed E-state index contributed by atoms with van der Waals surface area (Å²) >= 11 is 0. The molecule has 0 aliphatic carbocycles. The Labute approximate surface area is 181 Å². The summed E-state index contributed by atoms with van der Waals surface area (Å²) in [5.41, 5.74) is 1.09. The molecular formula is C21H19FN4O6. The third-order valence-electron chi connectivity index (χ3n) is 4.41. The van der Waals surface area contributed by atoms with Crippen LogP contribution in [0.25, 0.3) is 11.4 Å². The second-order valence-corrected chi connectivity index (χ2v) is 6.92. The van der Waals surface area contributed by atoms with Crippen molar-refractivity contribution in [2.45, 2.75) is 32.8 Å². The largest absolute Gasteiger partial charge is 0.453 e. The Bertz CT molecular complexity index is 1150. The molecule has 1 unspecified atom stereocenters. The average Bonchev–Trinajstić information content (AvgIpc) is 3.23. The van der Waals surface area contributed by atoms with E-state index in [0.717, 1.165) is 29.3 Å². The van der Waals surface area contributed by atoms with Crippen LogP contribution in [0.1, 0.15) is 24.8 Å². The van der Waals surface area contributed by atoms with Gasteiger partial charge in [-0.25, -0.2) is 0 Å². The average molecular weight is 442 g/mol. The Kier molecular flexibility index (Phi) is 6.88. The van der Waals surface area contributed by atoms with E-state index in [1.165, 1.54) is 6.92 Å². The highest BCUT2D eigenvalue weighted by molar-refractivity contribution is 5.95. The Morgan fingerprint density at radius 2 is 1.97 bits per heavy atom. The minimum absolute atomic E-state index is 0.000457. The van der Waals surface area contributed by atoms with Crippen LogP contribution in [0.3, 0.4) is 0 Å². The van der Waals surface area contributed by atoms with Gasteiger partial charge in [-0.2, -0.15) is 9.37 Å². The summed E-state index contributed by atoms with van der Waals surface area (Å²) in [4.78, 5) is 38.3. The number of halogens is 1. The molecule has 10 nitrogen and oxygen atoms in total. The molecule has 0 aliphatic rings. The second kappa shape index (κ2) is 9.77. The minimum Gasteiger partial charge on any atom is -0.453 e. The van der Waals surface area contributed by atoms with Gasteiger partial charge in [-0.05, 0) is 26.0 Å². The number of nitrogens with one attached hydrogen (secondary N) is 1. The predicted octanol–water partition coefficient (Wildman–Crippen LogP) is 3.60. The molecule has 166 valence electrons. The molecule has 0 bridgehead atoms. The number of nitrogens with zero attached hydrogens (tertiary/aromatic N) is 3. The van der Waals surface area contributed by atoms with Crippen LogP contribution in [0.15, 0.2) is 47.0 Å². The summed E-state index contributed by atoms with van der Waals surface area (Å²) in [6.45, 7) is 3.30. The van der Waals surface area contributed by atoms with E-state index in [1.807, 2.05) is 31.2 Å². The number of ether oxygens (including phenoxy) is 1. The van der Waals surface area contributed by atoms with Gasteiger partial charge in [0.05, 0.1) is 11.3 Å². The highest BCUT2D eigenvalue weighted by Crippen LogP contribution is 2.22. The molecule has 0 spiro atoms. The van der Waals surface area contributed by atoms with Crippen molar-refractivity contribution in [2.75, 3.05) is 5.32 Å². The Morgan fingerprint density at radius 1 is 1.25 bits per heavy atom. The van der Waals surface area contributed by atoms with Gasteiger partial charge >= 0.3 is 11.7 Å². The smallest absolute Gasteiger partial charge is 0.307 e. The highest BCUT2D eigenvalue weighted by Gasteiger charge is 2.21. The SMILES string of the molecule is Cc1ccc(-c2noc(CCC(=O)OC(C)C(=O)Nc3ccc(F)c([N+](=O)[O-])c3)n2)cc1. The van der Waals surface area contributed by atoms with Crippen molar-refractivity contribution in [3.05, 3.63) is 69.9 Å². The van der Waals surface area contributed by atoms with Crippen molar-refractivity contribution in [3.63, 3.8) is 0 Å². The molecule has 1 aromatic heterocycles. The van der Waals surface area contributed by atoms with E-state index in [4.69, 9.17) is 9.26 Å². The number of amides is 1. The van der Waals surface area contributed by atoms with E-state index in [2.05, 4.69) is 15.5 Å². The van der Waals surface area contributed by atoms with E-state index < -0.39 is 34.4 Å². The molecule has 0 saturated heterocycles. The van der Waals surface area contributed by atoms with Crippen LogP contribution in [0.5, 0.6) is 0 Å². The molecule has 1 heterocycles. The molecular weight excluding hydrogens is 423 g/mol. The van der Waals surface area contributed by atoms with Crippen LogP contribution in [0.2, 0.25) is 0 Å². The predicted molar refractivity (Wildman–Crippen MR) is 110 cm³/mol. The minimum atomic E-state index is -1.18. The molecule has 2 aromatic carbocycles. The van der Waals surface area contributed by atoms with Crippen molar-refractivity contribution < 1.29 is 28.2 Å². The summed E-state index contributed by atoms with van der Waals surface area (Å²) in [5.74, 6) is -1.78. The van der Waals surface area contributed by atoms with Gasteiger partial charge in [0.15, 0.2) is 6.10 Å². The van der Waals surface area contributed by atoms with Crippen LogP contribution >= 0.6 is 0 Å². The first-order chi connectivity index (χ1) is 15.2. The fraction of sp³-hybridized carbons (Fsp3) is 0.238. The number of aryl methyl sites for hydroxylation is 2. The standard InChI is InChI=1S/C21H19FN4O6/c1-12-3-5-14(6-4-12)20-24-18(32-25-20)9-10-19(27)31-13(2)21(28)23-15-7-8-16(22)17(11-15)26(29)30/h3-8,11,13H,9-10H2,1-2H3,(H,23,28). The number of aromatic nitrogens is 2. The van der Waals surface area contributed by atoms with Crippen molar-refractivity contribution in [1.82, 2.24) is 10.1 Å². The first-order valence-corrected chi connectivity index (χ1v) is 9.57. The lowest BCUT2D eigenvalue weighted by molar-refractivity contribution is -0.387. The summed E-state index contributed by atoms with van der Waals surface area (Å²) in [6.07, 6.45) is -1.16. The van der Waals surface area contributed by atoms with Gasteiger partial charge in [-0.3, -0.25) is 19.7 Å². The number of esters is 1. The Hall–Kier alpha value is -4.15. The molecule has 1 N–H and O–H groups in total. The van der Waals surface area contributed by atoms with E-state index >= 15 is 0 Å². The third-order valence-corrected chi connectivity index (χ3v) is 4.41. The first-order valence-electron chi connectivity index (χ1n) is 9.57. The van der Waals surface area contributed by atoms with Gasteiger partial charge in [0.1, 0.15) is 0 Å². The number of carbonyl (C=O) groups excluding carboxylic acids is 2. The maximum Gasteiger partial charge on any atom is 0.307 e. The van der Waals surface area contributed by atoms with Gasteiger partial charge in [0, 0.05) is 23.7 Å². The molecule has 0 aliphatic heterocycles. The topological polar surface area (TPSA) is 137 Å². The van der Waals surface area contributed by atoms with E-state index in [1.54, 1.807) is 0 Å². The van der Waals surface area contributed by atoms with Gasteiger partial charge in [0.25, 0.3) is 5.91 Å². The lowest BCUT2D eigenvalue weighted by atomic mass is 10.1. The number of carbonyl (C=O) groups is 2. The summed E-state index contributed by atoms with van der Waals surface area (Å²) in [6, 6.07) is 10.4. The van der Waals surface area contributed by atoms with Crippen molar-refractivity contribution in [2.24, 2.45) is 0 Å². The molecule has 3 rings (SSSR count). The van der Waals surface area contributed by atoms with Crippen molar-refractivity contribution in [3.8, 4) is 11.4 Å². The Morgan fingerprint density at radius 3 is 2.66 bits per heavy atom.